The van der Waals surface area contributed by atoms with Crippen LogP contribution in [0.5, 0.6) is 0 Å². The Morgan fingerprint density at radius 1 is 1.06 bits per heavy atom. The molecule has 0 spiro atoms. The van der Waals surface area contributed by atoms with Crippen molar-refractivity contribution in [1.29, 1.82) is 0 Å². The average molecular weight is 305 g/mol. The number of nitrogens with zero attached hydrogens (tertiary/aromatic N) is 2. The highest BCUT2D eigenvalue weighted by Crippen LogP contribution is 2.17. The van der Waals surface area contributed by atoms with Gasteiger partial charge in [-0.3, -0.25) is 4.98 Å². The van der Waals surface area contributed by atoms with Gasteiger partial charge in [0.25, 0.3) is 0 Å². The molecule has 4 N–H and O–H groups in total. The predicted octanol–water partition coefficient (Wildman–Crippen LogP) is 1.45. The minimum absolute atomic E-state index is 0. The Labute approximate surface area is 121 Å². The van der Waals surface area contributed by atoms with Crippen molar-refractivity contribution in [1.82, 2.24) is 4.98 Å². The fraction of sp³-hybridized carbons (Fsp3) is 0.500. The summed E-state index contributed by atoms with van der Waals surface area (Å²) in [5.41, 5.74) is 7.10. The molecule has 0 radical (unpaired) electrons. The molecule has 1 aromatic rings. The van der Waals surface area contributed by atoms with Crippen LogP contribution >= 0.6 is 37.2 Å². The van der Waals surface area contributed by atoms with Crippen LogP contribution in [0.4, 0.5) is 5.69 Å². The van der Waals surface area contributed by atoms with E-state index >= 15 is 0 Å². The number of hydrogen-bond donors (Lipinski definition) is 1. The minimum Gasteiger partial charge on any atom is -0.412 e. The molecule has 102 valence electrons. The molecule has 17 heavy (non-hydrogen) atoms. The van der Waals surface area contributed by atoms with Crippen LogP contribution in [0.3, 0.4) is 0 Å². The van der Waals surface area contributed by atoms with Crippen LogP contribution in [0, 0.1) is 0 Å². The van der Waals surface area contributed by atoms with Gasteiger partial charge in [-0.15, -0.1) is 37.2 Å². The molecule has 2 heterocycles. The summed E-state index contributed by atoms with van der Waals surface area (Å²) < 4.78 is 0. The summed E-state index contributed by atoms with van der Waals surface area (Å²) in [5, 5.41) is 0. The van der Waals surface area contributed by atoms with E-state index in [9.17, 15) is 0 Å². The maximum Gasteiger partial charge on any atom is 0.0397 e. The zero-order valence-electron chi connectivity index (χ0n) is 9.41. The highest BCUT2D eigenvalue weighted by atomic mass is 35.5. The molecule has 0 atom stereocenters. The molecule has 1 aliphatic heterocycles. The second-order valence-electron chi connectivity index (χ2n) is 3.53. The topological polar surface area (TPSA) is 73.7 Å². The number of halogens is 3. The Morgan fingerprint density at radius 2 is 1.53 bits per heavy atom. The molecule has 1 saturated heterocycles. The molecular weight excluding hydrogens is 284 g/mol. The second-order valence-corrected chi connectivity index (χ2v) is 3.53. The first-order valence-corrected chi connectivity index (χ1v) is 4.77. The van der Waals surface area contributed by atoms with Gasteiger partial charge in [-0.2, -0.15) is 0 Å². The Balaban J connectivity index is -0.000000490. The minimum atomic E-state index is 0. The smallest absolute Gasteiger partial charge is 0.0397 e. The Hall–Kier alpha value is -0.260. The monoisotopic (exact) mass is 303 g/mol. The summed E-state index contributed by atoms with van der Waals surface area (Å²) in [6, 6.07) is 4.51. The van der Waals surface area contributed by atoms with Crippen molar-refractivity contribution in [2.24, 2.45) is 5.73 Å². The maximum atomic E-state index is 5.84. The van der Waals surface area contributed by atoms with Crippen LogP contribution in [0.15, 0.2) is 24.5 Å². The van der Waals surface area contributed by atoms with Crippen molar-refractivity contribution >= 4 is 42.9 Å². The lowest BCUT2D eigenvalue weighted by Gasteiger charge is -2.31. The van der Waals surface area contributed by atoms with E-state index in [0.717, 1.165) is 25.9 Å². The summed E-state index contributed by atoms with van der Waals surface area (Å²) in [7, 11) is 0. The SMILES string of the molecule is Cl.Cl.Cl.NC1CCN(c2ccncc2)CC1.O. The van der Waals surface area contributed by atoms with Crippen molar-refractivity contribution in [2.75, 3.05) is 18.0 Å². The van der Waals surface area contributed by atoms with E-state index in [1.165, 1.54) is 5.69 Å². The van der Waals surface area contributed by atoms with Crippen LogP contribution in [-0.4, -0.2) is 29.6 Å². The van der Waals surface area contributed by atoms with Gasteiger partial charge in [0.15, 0.2) is 0 Å². The predicted molar refractivity (Wildman–Crippen MR) is 79.0 cm³/mol. The van der Waals surface area contributed by atoms with Crippen LogP contribution in [0.2, 0.25) is 0 Å². The summed E-state index contributed by atoms with van der Waals surface area (Å²) in [4.78, 5) is 6.37. The highest BCUT2D eigenvalue weighted by Gasteiger charge is 2.15. The molecule has 7 heteroatoms. The maximum absolute atomic E-state index is 5.84. The van der Waals surface area contributed by atoms with Crippen molar-refractivity contribution in [2.45, 2.75) is 18.9 Å². The van der Waals surface area contributed by atoms with Crippen molar-refractivity contribution in [3.63, 3.8) is 0 Å². The fourth-order valence-electron chi connectivity index (χ4n) is 1.71. The third-order valence-electron chi connectivity index (χ3n) is 2.57. The molecule has 0 bridgehead atoms. The Kier molecular flexibility index (Phi) is 14.0. The van der Waals surface area contributed by atoms with Crippen LogP contribution in [0.25, 0.3) is 0 Å². The summed E-state index contributed by atoms with van der Waals surface area (Å²) in [5.74, 6) is 0. The normalized spacial score (nSPS) is 14.5. The Bertz CT molecular complexity index is 269. The fourth-order valence-corrected chi connectivity index (χ4v) is 1.71. The first-order chi connectivity index (χ1) is 6.36. The number of pyridine rings is 1. The lowest BCUT2D eigenvalue weighted by Crippen LogP contribution is -2.39. The molecule has 0 saturated carbocycles. The standard InChI is InChI=1S/C10H15N3.3ClH.H2O/c11-9-3-7-13(8-4-9)10-1-5-12-6-2-10;;;;/h1-2,5-6,9H,3-4,7-8,11H2;3*1H;1H2. The number of piperidine rings is 1. The summed E-state index contributed by atoms with van der Waals surface area (Å²) in [6.07, 6.45) is 5.87. The van der Waals surface area contributed by atoms with Crippen LogP contribution in [-0.2, 0) is 0 Å². The second kappa shape index (κ2) is 10.9. The summed E-state index contributed by atoms with van der Waals surface area (Å²) >= 11 is 0. The average Bonchev–Trinajstić information content (AvgIpc) is 2.20. The van der Waals surface area contributed by atoms with Gasteiger partial charge in [0.05, 0.1) is 0 Å². The van der Waals surface area contributed by atoms with E-state index < -0.39 is 0 Å². The molecule has 1 aliphatic rings. The largest absolute Gasteiger partial charge is 0.412 e. The molecule has 1 aromatic heterocycles. The van der Waals surface area contributed by atoms with Crippen LogP contribution in [0.1, 0.15) is 12.8 Å². The van der Waals surface area contributed by atoms with Gasteiger partial charge >= 0.3 is 0 Å². The molecule has 0 aliphatic carbocycles. The third-order valence-corrected chi connectivity index (χ3v) is 2.57. The van der Waals surface area contributed by atoms with Gasteiger partial charge in [-0.1, -0.05) is 0 Å². The van der Waals surface area contributed by atoms with Gasteiger partial charge < -0.3 is 16.1 Å². The van der Waals surface area contributed by atoms with E-state index in [4.69, 9.17) is 5.73 Å². The summed E-state index contributed by atoms with van der Waals surface area (Å²) in [6.45, 7) is 2.15. The van der Waals surface area contributed by atoms with E-state index in [2.05, 4.69) is 22.0 Å². The van der Waals surface area contributed by atoms with Gasteiger partial charge in [-0.05, 0) is 25.0 Å². The zero-order chi connectivity index (χ0) is 9.10. The molecule has 0 amide bonds. The molecule has 2 rings (SSSR count). The molecule has 1 fully saturated rings. The van der Waals surface area contributed by atoms with Gasteiger partial charge in [0.1, 0.15) is 0 Å². The number of hydrogen-bond acceptors (Lipinski definition) is 3. The molecule has 4 nitrogen and oxygen atoms in total. The Morgan fingerprint density at radius 3 is 2.00 bits per heavy atom. The number of aromatic nitrogens is 1. The third kappa shape index (κ3) is 6.29. The molecular formula is C10H20Cl3N3O. The molecule has 0 unspecified atom stereocenters. The van der Waals surface area contributed by atoms with Gasteiger partial charge in [0.2, 0.25) is 0 Å². The zero-order valence-corrected chi connectivity index (χ0v) is 11.9. The highest BCUT2D eigenvalue weighted by molar-refractivity contribution is 5.86. The number of nitrogens with two attached hydrogens (primary N) is 1. The van der Waals surface area contributed by atoms with Crippen LogP contribution < -0.4 is 10.6 Å². The van der Waals surface area contributed by atoms with E-state index in [-0.39, 0.29) is 42.7 Å². The van der Waals surface area contributed by atoms with Gasteiger partial charge in [-0.25, -0.2) is 0 Å². The lowest BCUT2D eigenvalue weighted by atomic mass is 10.1. The number of rotatable bonds is 1. The molecule has 0 aromatic carbocycles. The quantitative estimate of drug-likeness (QED) is 0.853. The first-order valence-electron chi connectivity index (χ1n) is 4.77. The van der Waals surface area contributed by atoms with Crippen molar-refractivity contribution < 1.29 is 5.48 Å². The number of anilines is 1. The van der Waals surface area contributed by atoms with E-state index in [1.54, 1.807) is 0 Å². The van der Waals surface area contributed by atoms with Crippen molar-refractivity contribution in [3.8, 4) is 0 Å². The van der Waals surface area contributed by atoms with E-state index in [0.29, 0.717) is 6.04 Å². The van der Waals surface area contributed by atoms with Gasteiger partial charge in [0, 0.05) is 37.2 Å². The first kappa shape index (κ1) is 22.0. The van der Waals surface area contributed by atoms with Crippen molar-refractivity contribution in [3.05, 3.63) is 24.5 Å². The van der Waals surface area contributed by atoms with E-state index in [1.807, 2.05) is 12.4 Å². The lowest BCUT2D eigenvalue weighted by molar-refractivity contribution is 0.501.